The maximum atomic E-state index is 10.5. The molecule has 2 aromatic rings. The van der Waals surface area contributed by atoms with Crippen molar-refractivity contribution in [1.82, 2.24) is 24.8 Å². The number of anilines is 1. The number of ether oxygens (including phenoxy) is 3. The van der Waals surface area contributed by atoms with Crippen molar-refractivity contribution in [2.24, 2.45) is 0 Å². The summed E-state index contributed by atoms with van der Waals surface area (Å²) in [5, 5.41) is 27.3. The third-order valence-electron chi connectivity index (χ3n) is 5.01. The highest BCUT2D eigenvalue weighted by Crippen LogP contribution is 2.32. The van der Waals surface area contributed by atoms with Crippen LogP contribution in [0.5, 0.6) is 0 Å². The molecule has 162 valence electrons. The molecule has 2 aliphatic rings. The number of hydrogen-bond donors (Lipinski definition) is 4. The number of hydrogen-bond acceptors (Lipinski definition) is 10. The summed E-state index contributed by atoms with van der Waals surface area (Å²) in [5.41, 5.74) is 1.02. The lowest BCUT2D eigenvalue weighted by molar-refractivity contribution is -0.0491. The van der Waals surface area contributed by atoms with Crippen LogP contribution in [0.2, 0.25) is 0 Å². The monoisotopic (exact) mass is 436 g/mol. The zero-order chi connectivity index (χ0) is 21.1. The van der Waals surface area contributed by atoms with E-state index in [0.717, 1.165) is 6.42 Å². The minimum Gasteiger partial charge on any atom is -0.468 e. The van der Waals surface area contributed by atoms with Crippen molar-refractivity contribution in [1.29, 1.82) is 0 Å². The van der Waals surface area contributed by atoms with Gasteiger partial charge in [0, 0.05) is 13.2 Å². The molecule has 0 spiro atoms. The SMILES string of the molecule is C=CCNC(=S)OC[C@H]1O[C@@H](n2cnc3c(N[C@@H]4CCOC4)ncnc32)[C@H](O)[C@@H]1O. The molecule has 2 aromatic heterocycles. The van der Waals surface area contributed by atoms with Gasteiger partial charge in [0.2, 0.25) is 0 Å². The van der Waals surface area contributed by atoms with E-state index >= 15 is 0 Å². The van der Waals surface area contributed by atoms with Gasteiger partial charge in [-0.05, 0) is 18.6 Å². The maximum absolute atomic E-state index is 10.5. The number of thiocarbonyl (C=S) groups is 1. The van der Waals surface area contributed by atoms with E-state index in [1.165, 1.54) is 12.7 Å². The van der Waals surface area contributed by atoms with Gasteiger partial charge in [-0.15, -0.1) is 6.58 Å². The Hall–Kier alpha value is -2.38. The number of fused-ring (bicyclic) bond motifs is 1. The van der Waals surface area contributed by atoms with Crippen LogP contribution in [-0.4, -0.2) is 85.6 Å². The number of imidazole rings is 1. The molecule has 0 bridgehead atoms. The Bertz CT molecular complexity index is 904. The summed E-state index contributed by atoms with van der Waals surface area (Å²) >= 11 is 5.04. The van der Waals surface area contributed by atoms with Crippen LogP contribution >= 0.6 is 12.2 Å². The second kappa shape index (κ2) is 9.18. The van der Waals surface area contributed by atoms with Crippen molar-refractivity contribution in [2.45, 2.75) is 37.0 Å². The number of rotatable bonds is 7. The molecule has 30 heavy (non-hydrogen) atoms. The Morgan fingerprint density at radius 2 is 2.23 bits per heavy atom. The Morgan fingerprint density at radius 3 is 3.00 bits per heavy atom. The van der Waals surface area contributed by atoms with Crippen molar-refractivity contribution >= 4 is 34.4 Å². The van der Waals surface area contributed by atoms with E-state index in [2.05, 4.69) is 32.2 Å². The molecule has 11 nitrogen and oxygen atoms in total. The van der Waals surface area contributed by atoms with Gasteiger partial charge in [-0.2, -0.15) is 0 Å². The molecule has 0 radical (unpaired) electrons. The molecule has 0 saturated carbocycles. The molecule has 0 amide bonds. The molecule has 0 aromatic carbocycles. The molecule has 12 heteroatoms. The highest BCUT2D eigenvalue weighted by molar-refractivity contribution is 7.80. The fourth-order valence-electron chi connectivity index (χ4n) is 3.45. The quantitative estimate of drug-likeness (QED) is 0.337. The van der Waals surface area contributed by atoms with Crippen molar-refractivity contribution in [3.63, 3.8) is 0 Å². The van der Waals surface area contributed by atoms with Crippen LogP contribution in [0.3, 0.4) is 0 Å². The average Bonchev–Trinajstić information content (AvgIpc) is 3.47. The maximum Gasteiger partial charge on any atom is 0.256 e. The van der Waals surface area contributed by atoms with Gasteiger partial charge < -0.3 is 35.1 Å². The smallest absolute Gasteiger partial charge is 0.256 e. The number of aliphatic hydroxyl groups excluding tert-OH is 2. The number of nitrogens with one attached hydrogen (secondary N) is 2. The predicted molar refractivity (Wildman–Crippen MR) is 111 cm³/mol. The summed E-state index contributed by atoms with van der Waals surface area (Å²) in [5.74, 6) is 0.584. The summed E-state index contributed by atoms with van der Waals surface area (Å²) < 4.78 is 18.2. The normalized spacial score (nSPS) is 28.5. The van der Waals surface area contributed by atoms with Gasteiger partial charge in [-0.3, -0.25) is 4.57 Å². The summed E-state index contributed by atoms with van der Waals surface area (Å²) in [6.07, 6.45) is 1.44. The first-order valence-corrected chi connectivity index (χ1v) is 10.0. The molecule has 0 unspecified atom stereocenters. The second-order valence-corrected chi connectivity index (χ2v) is 7.44. The number of nitrogens with zero attached hydrogens (tertiary/aromatic N) is 4. The molecule has 0 aliphatic carbocycles. The largest absolute Gasteiger partial charge is 0.468 e. The van der Waals surface area contributed by atoms with E-state index in [1.54, 1.807) is 10.6 Å². The highest BCUT2D eigenvalue weighted by atomic mass is 32.1. The lowest BCUT2D eigenvalue weighted by Crippen LogP contribution is -2.35. The lowest BCUT2D eigenvalue weighted by Gasteiger charge is -2.17. The van der Waals surface area contributed by atoms with Gasteiger partial charge in [0.1, 0.15) is 31.2 Å². The molecule has 4 N–H and O–H groups in total. The molecule has 4 heterocycles. The van der Waals surface area contributed by atoms with Crippen LogP contribution < -0.4 is 10.6 Å². The van der Waals surface area contributed by atoms with Crippen molar-refractivity contribution in [3.8, 4) is 0 Å². The Balaban J connectivity index is 1.48. The molecule has 2 fully saturated rings. The summed E-state index contributed by atoms with van der Waals surface area (Å²) in [6.45, 7) is 5.34. The van der Waals surface area contributed by atoms with Gasteiger partial charge in [0.15, 0.2) is 23.2 Å². The molecular weight excluding hydrogens is 412 g/mol. The van der Waals surface area contributed by atoms with Crippen LogP contribution in [0.25, 0.3) is 11.2 Å². The Labute approximate surface area is 178 Å². The van der Waals surface area contributed by atoms with Crippen LogP contribution in [0, 0.1) is 0 Å². The number of aromatic nitrogens is 4. The fourth-order valence-corrected chi connectivity index (χ4v) is 3.60. The van der Waals surface area contributed by atoms with Gasteiger partial charge in [-0.1, -0.05) is 6.08 Å². The van der Waals surface area contributed by atoms with Crippen molar-refractivity contribution in [3.05, 3.63) is 25.3 Å². The van der Waals surface area contributed by atoms with E-state index in [4.69, 9.17) is 26.4 Å². The van der Waals surface area contributed by atoms with E-state index in [-0.39, 0.29) is 17.8 Å². The first-order valence-electron chi connectivity index (χ1n) is 9.63. The summed E-state index contributed by atoms with van der Waals surface area (Å²) in [6, 6.07) is 0.156. The molecule has 4 rings (SSSR count). The van der Waals surface area contributed by atoms with Crippen molar-refractivity contribution < 1.29 is 24.4 Å². The molecular formula is C18H24N6O5S. The second-order valence-electron chi connectivity index (χ2n) is 7.07. The minimum atomic E-state index is -1.19. The first kappa shape index (κ1) is 20.9. The number of aliphatic hydroxyl groups is 2. The molecule has 2 aliphatic heterocycles. The molecule has 2 saturated heterocycles. The van der Waals surface area contributed by atoms with Crippen LogP contribution in [0.15, 0.2) is 25.3 Å². The average molecular weight is 436 g/mol. The van der Waals surface area contributed by atoms with Gasteiger partial charge >= 0.3 is 0 Å². The van der Waals surface area contributed by atoms with Gasteiger partial charge in [0.05, 0.1) is 19.0 Å². The predicted octanol–water partition coefficient (Wildman–Crippen LogP) is -0.277. The zero-order valence-electron chi connectivity index (χ0n) is 16.2. The van der Waals surface area contributed by atoms with E-state index in [0.29, 0.717) is 36.7 Å². The standard InChI is InChI=1S/C18H24N6O5S/c1-2-4-19-18(30)28-7-11-13(25)14(26)17(29-11)24-9-22-12-15(20-8-21-16(12)24)23-10-3-5-27-6-10/h2,8-11,13-14,17,25-26H,1,3-7H2,(H,19,30)(H,20,21,23)/t10-,11-,13-,14-,17-/m1/s1. The van der Waals surface area contributed by atoms with Crippen LogP contribution in [0.4, 0.5) is 5.82 Å². The molecule has 5 atom stereocenters. The van der Waals surface area contributed by atoms with Crippen LogP contribution in [0.1, 0.15) is 12.6 Å². The summed E-state index contributed by atoms with van der Waals surface area (Å²) in [4.78, 5) is 13.0. The topological polar surface area (TPSA) is 136 Å². The zero-order valence-corrected chi connectivity index (χ0v) is 17.0. The Kier molecular flexibility index (Phi) is 6.39. The van der Waals surface area contributed by atoms with Gasteiger partial charge in [0.25, 0.3) is 5.17 Å². The van der Waals surface area contributed by atoms with E-state index < -0.39 is 24.5 Å². The van der Waals surface area contributed by atoms with E-state index in [9.17, 15) is 10.2 Å². The van der Waals surface area contributed by atoms with E-state index in [1.807, 2.05) is 0 Å². The third kappa shape index (κ3) is 4.23. The van der Waals surface area contributed by atoms with Crippen LogP contribution in [-0.2, 0) is 14.2 Å². The minimum absolute atomic E-state index is 0.0200. The Morgan fingerprint density at radius 1 is 1.37 bits per heavy atom. The lowest BCUT2D eigenvalue weighted by atomic mass is 10.1. The van der Waals surface area contributed by atoms with Gasteiger partial charge in [-0.25, -0.2) is 15.0 Å². The fraction of sp³-hybridized carbons (Fsp3) is 0.556. The van der Waals surface area contributed by atoms with Crippen molar-refractivity contribution in [2.75, 3.05) is 31.7 Å². The summed E-state index contributed by atoms with van der Waals surface area (Å²) in [7, 11) is 0. The third-order valence-corrected chi connectivity index (χ3v) is 5.27. The first-order chi connectivity index (χ1) is 14.6. The highest BCUT2D eigenvalue weighted by Gasteiger charge is 2.44.